The van der Waals surface area contributed by atoms with Gasteiger partial charge in [0.25, 0.3) is 29.3 Å². The van der Waals surface area contributed by atoms with Crippen molar-refractivity contribution in [2.45, 2.75) is 14.7 Å². The highest BCUT2D eigenvalue weighted by Crippen LogP contribution is 2.31. The number of anilines is 1. The maximum Gasteiger partial charge on any atom is 0.295 e. The van der Waals surface area contributed by atoms with Gasteiger partial charge in [-0.05, 0) is 72.0 Å². The van der Waals surface area contributed by atoms with Gasteiger partial charge in [-0.15, -0.1) is 0 Å². The lowest BCUT2D eigenvalue weighted by molar-refractivity contribution is 0.480. The smallest absolute Gasteiger partial charge is 0.295 e. The number of benzene rings is 4. The number of rotatable bonds is 8. The molecule has 45 heavy (non-hydrogen) atoms. The molecule has 0 aliphatic rings. The summed E-state index contributed by atoms with van der Waals surface area (Å²) in [5.41, 5.74) is 1.37. The van der Waals surface area contributed by atoms with Crippen molar-refractivity contribution in [3.63, 3.8) is 0 Å². The predicted molar refractivity (Wildman–Crippen MR) is 182 cm³/mol. The third kappa shape index (κ3) is 9.42. The highest BCUT2D eigenvalue weighted by Gasteiger charge is 2.18. The van der Waals surface area contributed by atoms with E-state index in [2.05, 4.69) is 44.7 Å². The first kappa shape index (κ1) is 35.8. The van der Waals surface area contributed by atoms with Gasteiger partial charge in [-0.1, -0.05) is 48.6 Å². The molecule has 11 nitrogen and oxygen atoms in total. The van der Waals surface area contributed by atoms with Crippen LogP contribution in [0.2, 0.25) is 0 Å². The van der Waals surface area contributed by atoms with Crippen molar-refractivity contribution >= 4 is 115 Å². The number of nitrogens with zero attached hydrogens (tertiary/aromatic N) is 3. The number of aliphatic imine (C=N–C) groups is 2. The van der Waals surface area contributed by atoms with Crippen LogP contribution in [0.3, 0.4) is 0 Å². The van der Waals surface area contributed by atoms with Crippen LogP contribution in [-0.2, 0) is 29.3 Å². The van der Waals surface area contributed by atoms with Crippen LogP contribution in [0.15, 0.2) is 97.5 Å². The summed E-state index contributed by atoms with van der Waals surface area (Å²) in [6.45, 7) is 0. The molecule has 0 aromatic heterocycles. The molecule has 17 heteroatoms. The molecule has 0 saturated carbocycles. The largest absolute Gasteiger partial charge is 0.377 e. The Morgan fingerprint density at radius 2 is 1.13 bits per heavy atom. The Bertz CT molecular complexity index is 2140. The summed E-state index contributed by atoms with van der Waals surface area (Å²) in [7, 11) is -3.68. The van der Waals surface area contributed by atoms with E-state index in [0.29, 0.717) is 5.39 Å². The molecule has 0 radical (unpaired) electrons. The van der Waals surface area contributed by atoms with Gasteiger partial charge in [0.15, 0.2) is 0 Å². The highest BCUT2D eigenvalue weighted by atomic mass is 35.7. The second kappa shape index (κ2) is 14.6. The summed E-state index contributed by atoms with van der Waals surface area (Å²) >= 11 is 8.91. The summed E-state index contributed by atoms with van der Waals surface area (Å²) in [6.07, 6.45) is 2.50. The topological polar surface area (TPSA) is 171 Å². The summed E-state index contributed by atoms with van der Waals surface area (Å²) < 4.78 is 88.3. The average molecular weight is 724 g/mol. The normalized spacial score (nSPS) is 11.7. The average Bonchev–Trinajstić information content (AvgIpc) is 2.95. The van der Waals surface area contributed by atoms with E-state index in [-0.39, 0.29) is 27.4 Å². The van der Waals surface area contributed by atoms with E-state index in [1.807, 2.05) is 37.2 Å². The van der Waals surface area contributed by atoms with E-state index < -0.39 is 39.1 Å². The standard InChI is InChI=1S/C16H10N2O6S4.C12H12ClNO2S/c19-27(20,21)15-7-13(17-9-25)5-3-11(15)1-2-12-4-6-14(18-10-26)8-16(12)28(22,23)24;1-14(2)11-7-3-6-10-9(11)5-4-8-12(10)17(13,15)16/h1-8H,(H,19,20,21)(H,22,23,24);3-8H,1-2H3. The lowest BCUT2D eigenvalue weighted by Crippen LogP contribution is -2.09. The second-order valence-corrected chi connectivity index (χ2v) is 14.8. The zero-order valence-corrected chi connectivity index (χ0v) is 28.0. The van der Waals surface area contributed by atoms with Crippen LogP contribution in [0.4, 0.5) is 17.1 Å². The van der Waals surface area contributed by atoms with Gasteiger partial charge in [-0.3, -0.25) is 9.11 Å². The molecule has 0 heterocycles. The van der Waals surface area contributed by atoms with E-state index in [4.69, 9.17) is 10.7 Å². The maximum absolute atomic E-state index is 11.6. The molecular weight excluding hydrogens is 702 g/mol. The lowest BCUT2D eigenvalue weighted by Gasteiger charge is -2.16. The van der Waals surface area contributed by atoms with Gasteiger partial charge in [-0.25, -0.2) is 8.42 Å². The van der Waals surface area contributed by atoms with Crippen molar-refractivity contribution < 1.29 is 34.4 Å². The Morgan fingerprint density at radius 1 is 0.689 bits per heavy atom. The lowest BCUT2D eigenvalue weighted by atomic mass is 10.1. The van der Waals surface area contributed by atoms with Crippen LogP contribution in [-0.4, -0.2) is 58.8 Å². The molecule has 4 rings (SSSR count). The molecule has 0 amide bonds. The summed E-state index contributed by atoms with van der Waals surface area (Å²) in [4.78, 5) is 8.44. The number of fused-ring (bicyclic) bond motifs is 1. The zero-order chi connectivity index (χ0) is 33.6. The van der Waals surface area contributed by atoms with Crippen molar-refractivity contribution in [2.24, 2.45) is 9.98 Å². The third-order valence-corrected chi connectivity index (χ3v) is 9.33. The fourth-order valence-electron chi connectivity index (χ4n) is 4.06. The first-order chi connectivity index (χ1) is 21.0. The minimum absolute atomic E-state index is 0.0492. The first-order valence-corrected chi connectivity index (χ1v) is 18.2. The second-order valence-electron chi connectivity index (χ2n) is 9.09. The van der Waals surface area contributed by atoms with Gasteiger partial charge >= 0.3 is 0 Å². The zero-order valence-electron chi connectivity index (χ0n) is 23.2. The van der Waals surface area contributed by atoms with Gasteiger partial charge in [0, 0.05) is 41.2 Å². The Balaban J connectivity index is 0.000000276. The van der Waals surface area contributed by atoms with Crippen LogP contribution < -0.4 is 4.90 Å². The SMILES string of the molecule is CN(C)c1cccc2c(S(=O)(=O)Cl)cccc12.O=S(=O)(O)c1cc(N=C=S)ccc1C=Cc1ccc(N=C=S)cc1S(=O)(=O)O. The number of isothiocyanates is 2. The van der Waals surface area contributed by atoms with Crippen LogP contribution in [0.25, 0.3) is 22.9 Å². The number of hydrogen-bond donors (Lipinski definition) is 2. The fourth-order valence-corrected chi connectivity index (χ4v) is 6.76. The molecule has 4 aromatic rings. The van der Waals surface area contributed by atoms with Crippen LogP contribution in [0.5, 0.6) is 0 Å². The number of thiocarbonyl (C=S) groups is 2. The monoisotopic (exact) mass is 723 g/mol. The molecule has 2 N–H and O–H groups in total. The summed E-state index contributed by atoms with van der Waals surface area (Å²) in [6, 6.07) is 18.3. The quantitative estimate of drug-likeness (QED) is 0.0656. The minimum atomic E-state index is -4.61. The molecule has 0 unspecified atom stereocenters. The Morgan fingerprint density at radius 3 is 1.53 bits per heavy atom. The van der Waals surface area contributed by atoms with E-state index in [0.717, 1.165) is 23.2 Å². The molecule has 0 aliphatic heterocycles. The van der Waals surface area contributed by atoms with Gasteiger partial charge in [0.2, 0.25) is 0 Å². The van der Waals surface area contributed by atoms with Crippen molar-refractivity contribution in [3.05, 3.63) is 83.9 Å². The number of hydrogen-bond acceptors (Lipinski definition) is 11. The van der Waals surface area contributed by atoms with Crippen LogP contribution in [0.1, 0.15) is 11.1 Å². The molecule has 4 aromatic carbocycles. The van der Waals surface area contributed by atoms with Gasteiger partial charge in [0.05, 0.1) is 26.6 Å². The van der Waals surface area contributed by atoms with Crippen molar-refractivity contribution in [3.8, 4) is 0 Å². The molecular formula is C28H22ClN3O8S5. The highest BCUT2D eigenvalue weighted by molar-refractivity contribution is 8.14. The maximum atomic E-state index is 11.6. The molecule has 234 valence electrons. The van der Waals surface area contributed by atoms with E-state index in [1.54, 1.807) is 12.1 Å². The third-order valence-electron chi connectivity index (χ3n) is 5.95. The van der Waals surface area contributed by atoms with Gasteiger partial charge in [0.1, 0.15) is 9.79 Å². The first-order valence-electron chi connectivity index (χ1n) is 12.2. The van der Waals surface area contributed by atoms with Crippen molar-refractivity contribution in [1.29, 1.82) is 0 Å². The molecule has 0 saturated heterocycles. The van der Waals surface area contributed by atoms with Crippen molar-refractivity contribution in [1.82, 2.24) is 0 Å². The summed E-state index contributed by atoms with van der Waals surface area (Å²) in [5, 5.41) is 5.68. The molecule has 0 atom stereocenters. The van der Waals surface area contributed by atoms with Gasteiger partial charge < -0.3 is 4.90 Å². The Hall–Kier alpha value is -3.66. The van der Waals surface area contributed by atoms with Crippen LogP contribution in [0, 0.1) is 0 Å². The molecule has 0 spiro atoms. The molecule has 0 fully saturated rings. The number of halogens is 1. The predicted octanol–water partition coefficient (Wildman–Crippen LogP) is 6.65. The van der Waals surface area contributed by atoms with E-state index in [1.165, 1.54) is 42.5 Å². The van der Waals surface area contributed by atoms with Crippen molar-refractivity contribution in [2.75, 3.05) is 19.0 Å². The molecule has 0 bridgehead atoms. The van der Waals surface area contributed by atoms with Gasteiger partial charge in [-0.2, -0.15) is 26.8 Å². The molecule has 0 aliphatic carbocycles. The van der Waals surface area contributed by atoms with E-state index in [9.17, 15) is 34.4 Å². The minimum Gasteiger partial charge on any atom is -0.377 e. The van der Waals surface area contributed by atoms with Crippen LogP contribution >= 0.6 is 35.1 Å². The Kier molecular flexibility index (Phi) is 11.6. The van der Waals surface area contributed by atoms with E-state index >= 15 is 0 Å². The summed E-state index contributed by atoms with van der Waals surface area (Å²) in [5.74, 6) is 0. The Labute approximate surface area is 275 Å². The fraction of sp³-hybridized carbons (Fsp3) is 0.0714.